The number of hydrogen-bond acceptors (Lipinski definition) is 4. The largest absolute Gasteiger partial charge is 0.336 e. The minimum atomic E-state index is 0.0433. The second-order valence-corrected chi connectivity index (χ2v) is 8.70. The van der Waals surface area contributed by atoms with Crippen molar-refractivity contribution in [3.05, 3.63) is 35.9 Å². The Morgan fingerprint density at radius 1 is 1.26 bits per heavy atom. The first-order valence-corrected chi connectivity index (χ1v) is 10.2. The molecule has 1 aromatic rings. The number of piperidine rings is 1. The van der Waals surface area contributed by atoms with Gasteiger partial charge in [-0.25, -0.2) is 0 Å². The lowest BCUT2D eigenvalue weighted by atomic mass is 9.83. The van der Waals surface area contributed by atoms with Crippen molar-refractivity contribution in [2.45, 2.75) is 56.1 Å². The summed E-state index contributed by atoms with van der Waals surface area (Å²) in [6.45, 7) is 5.69. The van der Waals surface area contributed by atoms with Gasteiger partial charge in [0.1, 0.15) is 0 Å². The van der Waals surface area contributed by atoms with Gasteiger partial charge in [0.2, 0.25) is 5.91 Å². The first-order chi connectivity index (χ1) is 13.0. The molecule has 0 N–H and O–H groups in total. The molecule has 0 aromatic heterocycles. The van der Waals surface area contributed by atoms with E-state index in [-0.39, 0.29) is 11.4 Å². The lowest BCUT2D eigenvalue weighted by molar-refractivity contribution is -0.134. The van der Waals surface area contributed by atoms with E-state index in [0.717, 1.165) is 45.4 Å². The van der Waals surface area contributed by atoms with E-state index in [9.17, 15) is 10.1 Å². The van der Waals surface area contributed by atoms with Gasteiger partial charge in [-0.1, -0.05) is 30.3 Å². The van der Waals surface area contributed by atoms with E-state index in [1.807, 2.05) is 6.07 Å². The molecule has 144 valence electrons. The summed E-state index contributed by atoms with van der Waals surface area (Å²) in [4.78, 5) is 19.4. The summed E-state index contributed by atoms with van der Waals surface area (Å²) in [6, 6.07) is 13.7. The van der Waals surface area contributed by atoms with Crippen molar-refractivity contribution in [1.29, 1.82) is 5.26 Å². The summed E-state index contributed by atoms with van der Waals surface area (Å²) in [5.41, 5.74) is 1.40. The smallest absolute Gasteiger partial charge is 0.219 e. The third-order valence-corrected chi connectivity index (χ3v) is 6.77. The lowest BCUT2D eigenvalue weighted by Crippen LogP contribution is -2.70. The maximum absolute atomic E-state index is 12.5. The topological polar surface area (TPSA) is 50.6 Å². The highest BCUT2D eigenvalue weighted by Gasteiger charge is 2.50. The van der Waals surface area contributed by atoms with Crippen LogP contribution in [0.5, 0.6) is 0 Å². The first kappa shape index (κ1) is 18.5. The van der Waals surface area contributed by atoms with Crippen LogP contribution in [0, 0.1) is 11.3 Å². The highest BCUT2D eigenvalue weighted by molar-refractivity contribution is 5.74. The van der Waals surface area contributed by atoms with Crippen molar-refractivity contribution in [3.8, 4) is 6.07 Å². The molecule has 2 saturated heterocycles. The number of amides is 1. The molecule has 0 radical (unpaired) electrons. The van der Waals surface area contributed by atoms with E-state index in [0.29, 0.717) is 24.4 Å². The Morgan fingerprint density at radius 2 is 1.93 bits per heavy atom. The van der Waals surface area contributed by atoms with Crippen molar-refractivity contribution in [2.24, 2.45) is 0 Å². The molecule has 4 rings (SSSR count). The molecule has 1 aromatic carbocycles. The number of nitrogens with zero attached hydrogens (tertiary/aromatic N) is 4. The van der Waals surface area contributed by atoms with Crippen LogP contribution in [0.25, 0.3) is 0 Å². The fraction of sp³-hybridized carbons (Fsp3) is 0.636. The van der Waals surface area contributed by atoms with Crippen molar-refractivity contribution in [3.63, 3.8) is 0 Å². The van der Waals surface area contributed by atoms with E-state index < -0.39 is 0 Å². The second kappa shape index (κ2) is 7.26. The third kappa shape index (κ3) is 3.49. The third-order valence-electron chi connectivity index (χ3n) is 6.77. The quantitative estimate of drug-likeness (QED) is 0.803. The number of carbonyl (C=O) groups is 1. The molecule has 5 nitrogen and oxygen atoms in total. The minimum absolute atomic E-state index is 0.0433. The van der Waals surface area contributed by atoms with Gasteiger partial charge in [-0.05, 0) is 31.9 Å². The molecule has 2 aliphatic heterocycles. The average molecular weight is 367 g/mol. The van der Waals surface area contributed by atoms with Gasteiger partial charge < -0.3 is 9.80 Å². The average Bonchev–Trinajstić information content (AvgIpc) is 3.42. The molecule has 2 heterocycles. The zero-order chi connectivity index (χ0) is 19.0. The Labute approximate surface area is 162 Å². The van der Waals surface area contributed by atoms with Crippen LogP contribution in [0.3, 0.4) is 0 Å². The van der Waals surface area contributed by atoms with Crippen molar-refractivity contribution < 1.29 is 4.79 Å². The van der Waals surface area contributed by atoms with Crippen LogP contribution < -0.4 is 0 Å². The summed E-state index contributed by atoms with van der Waals surface area (Å²) < 4.78 is 0. The standard InChI is InChI=1S/C22H30N4O/c1-17(27)26(21-14-20(21)18-6-4-3-5-7-18)19-8-12-25(13-9-19)22(10-11-23)15-24(2)16-22/h3-7,19-21H,8-10,12-16H2,1-2H3. The van der Waals surface area contributed by atoms with E-state index in [1.54, 1.807) is 6.92 Å². The monoisotopic (exact) mass is 366 g/mol. The molecular formula is C22H30N4O. The van der Waals surface area contributed by atoms with E-state index in [2.05, 4.69) is 52.1 Å². The molecule has 2 atom stereocenters. The number of rotatable bonds is 5. The fourth-order valence-electron chi connectivity index (χ4n) is 5.46. The van der Waals surface area contributed by atoms with E-state index >= 15 is 0 Å². The zero-order valence-corrected chi connectivity index (χ0v) is 16.5. The number of likely N-dealkylation sites (tertiary alicyclic amines) is 2. The Bertz CT molecular complexity index is 714. The number of likely N-dealkylation sites (N-methyl/N-ethyl adjacent to an activating group) is 1. The van der Waals surface area contributed by atoms with Crippen LogP contribution in [-0.2, 0) is 4.79 Å². The van der Waals surface area contributed by atoms with Crippen LogP contribution in [0.15, 0.2) is 30.3 Å². The number of hydrogen-bond donors (Lipinski definition) is 0. The summed E-state index contributed by atoms with van der Waals surface area (Å²) in [5, 5.41) is 9.27. The summed E-state index contributed by atoms with van der Waals surface area (Å²) >= 11 is 0. The SMILES string of the molecule is CC(=O)N(C1CCN(C2(CC#N)CN(C)C2)CC1)C1CC1c1ccccc1. The molecule has 0 spiro atoms. The zero-order valence-electron chi connectivity index (χ0n) is 16.5. The Kier molecular flexibility index (Phi) is 4.96. The molecule has 0 bridgehead atoms. The maximum atomic E-state index is 12.5. The summed E-state index contributed by atoms with van der Waals surface area (Å²) in [7, 11) is 2.12. The van der Waals surface area contributed by atoms with Crippen molar-refractivity contribution >= 4 is 5.91 Å². The number of benzene rings is 1. The van der Waals surface area contributed by atoms with Crippen molar-refractivity contribution in [1.82, 2.24) is 14.7 Å². The normalized spacial score (nSPS) is 28.2. The predicted octanol–water partition coefficient (Wildman–Crippen LogP) is 2.45. The van der Waals surface area contributed by atoms with Crippen LogP contribution in [0.2, 0.25) is 0 Å². The van der Waals surface area contributed by atoms with Crippen LogP contribution in [0.1, 0.15) is 44.1 Å². The van der Waals surface area contributed by atoms with Gasteiger partial charge in [-0.2, -0.15) is 5.26 Å². The Balaban J connectivity index is 1.39. The van der Waals surface area contributed by atoms with Gasteiger partial charge >= 0.3 is 0 Å². The first-order valence-electron chi connectivity index (χ1n) is 10.2. The fourth-order valence-corrected chi connectivity index (χ4v) is 5.46. The van der Waals surface area contributed by atoms with Crippen LogP contribution in [-0.4, -0.2) is 71.5 Å². The predicted molar refractivity (Wildman–Crippen MR) is 105 cm³/mol. The van der Waals surface area contributed by atoms with E-state index in [1.165, 1.54) is 5.56 Å². The Hall–Kier alpha value is -1.90. The number of carbonyl (C=O) groups excluding carboxylic acids is 1. The highest BCUT2D eigenvalue weighted by Crippen LogP contribution is 2.46. The second-order valence-electron chi connectivity index (χ2n) is 8.70. The van der Waals surface area contributed by atoms with Gasteiger partial charge in [0, 0.05) is 51.1 Å². The Morgan fingerprint density at radius 3 is 2.48 bits per heavy atom. The molecule has 3 aliphatic rings. The molecule has 1 aliphatic carbocycles. The van der Waals surface area contributed by atoms with Gasteiger partial charge in [0.25, 0.3) is 0 Å². The summed E-state index contributed by atoms with van der Waals surface area (Å²) in [5.74, 6) is 0.713. The molecule has 27 heavy (non-hydrogen) atoms. The van der Waals surface area contributed by atoms with Gasteiger partial charge in [0.15, 0.2) is 0 Å². The minimum Gasteiger partial charge on any atom is -0.336 e. The molecule has 1 amide bonds. The van der Waals surface area contributed by atoms with Crippen LogP contribution in [0.4, 0.5) is 0 Å². The van der Waals surface area contributed by atoms with E-state index in [4.69, 9.17) is 0 Å². The molecule has 1 saturated carbocycles. The van der Waals surface area contributed by atoms with Crippen LogP contribution >= 0.6 is 0 Å². The lowest BCUT2D eigenvalue weighted by Gasteiger charge is -2.56. The van der Waals surface area contributed by atoms with Gasteiger partial charge in [-0.3, -0.25) is 9.69 Å². The summed E-state index contributed by atoms with van der Waals surface area (Å²) in [6.07, 6.45) is 3.74. The maximum Gasteiger partial charge on any atom is 0.219 e. The van der Waals surface area contributed by atoms with Gasteiger partial charge in [0.05, 0.1) is 18.0 Å². The highest BCUT2D eigenvalue weighted by atomic mass is 16.2. The molecule has 5 heteroatoms. The molecule has 3 fully saturated rings. The molecule has 2 unspecified atom stereocenters. The van der Waals surface area contributed by atoms with Crippen molar-refractivity contribution in [2.75, 3.05) is 33.2 Å². The number of nitriles is 1. The van der Waals surface area contributed by atoms with Gasteiger partial charge in [-0.15, -0.1) is 0 Å². The molecular weight excluding hydrogens is 336 g/mol.